The average Bonchev–Trinajstić information content (AvgIpc) is 2.72. The van der Waals surface area contributed by atoms with Crippen LogP contribution in [-0.2, 0) is 19.1 Å². The molecule has 0 unspecified atom stereocenters. The van der Waals surface area contributed by atoms with Gasteiger partial charge in [-0.3, -0.25) is 0 Å². The van der Waals surface area contributed by atoms with Crippen molar-refractivity contribution in [1.29, 1.82) is 5.26 Å². The molecule has 0 spiro atoms. The molecule has 0 radical (unpaired) electrons. The number of benzene rings is 2. The lowest BCUT2D eigenvalue weighted by Gasteiger charge is -2.31. The Kier molecular flexibility index (Phi) is 4.47. The van der Waals surface area contributed by atoms with Crippen LogP contribution in [-0.4, -0.2) is 16.5 Å². The van der Waals surface area contributed by atoms with E-state index in [1.165, 1.54) is 18.0 Å². The first kappa shape index (κ1) is 18.0. The van der Waals surface area contributed by atoms with Crippen LogP contribution in [0.1, 0.15) is 22.3 Å². The van der Waals surface area contributed by atoms with Gasteiger partial charge in [0.2, 0.25) is 0 Å². The molecule has 0 aliphatic carbocycles. The second-order valence-electron chi connectivity index (χ2n) is 6.62. The molecule has 7 heteroatoms. The lowest BCUT2D eigenvalue weighted by Crippen LogP contribution is -2.30. The van der Waals surface area contributed by atoms with Gasteiger partial charge in [-0.15, -0.1) is 0 Å². The highest BCUT2D eigenvalue weighted by Gasteiger charge is 2.34. The van der Waals surface area contributed by atoms with E-state index in [9.17, 15) is 13.2 Å². The smallest absolute Gasteiger partial charge is 0.367 e. The third-order valence-corrected chi connectivity index (χ3v) is 4.91. The van der Waals surface area contributed by atoms with Gasteiger partial charge < -0.3 is 4.90 Å². The van der Waals surface area contributed by atoms with E-state index < -0.39 is 11.7 Å². The number of fused-ring (bicyclic) bond motifs is 1. The van der Waals surface area contributed by atoms with Crippen LogP contribution in [0.25, 0.3) is 11.1 Å². The first-order chi connectivity index (χ1) is 13.5. The molecule has 1 aliphatic heterocycles. The molecule has 2 heterocycles. The zero-order valence-corrected chi connectivity index (χ0v) is 14.7. The number of nitrogens with zero attached hydrogens (tertiary/aromatic N) is 4. The van der Waals surface area contributed by atoms with Gasteiger partial charge in [0.15, 0.2) is 0 Å². The van der Waals surface area contributed by atoms with Crippen molar-refractivity contribution in [3.63, 3.8) is 0 Å². The Hall–Kier alpha value is -3.40. The van der Waals surface area contributed by atoms with Crippen molar-refractivity contribution < 1.29 is 13.2 Å². The van der Waals surface area contributed by atoms with E-state index in [2.05, 4.69) is 16.0 Å². The molecule has 4 rings (SSSR count). The van der Waals surface area contributed by atoms with Gasteiger partial charge in [-0.1, -0.05) is 18.2 Å². The predicted octanol–water partition coefficient (Wildman–Crippen LogP) is 4.60. The van der Waals surface area contributed by atoms with Crippen LogP contribution in [0.5, 0.6) is 0 Å². The van der Waals surface area contributed by atoms with Crippen LogP contribution in [0, 0.1) is 11.3 Å². The van der Waals surface area contributed by atoms with E-state index in [4.69, 9.17) is 5.26 Å². The van der Waals surface area contributed by atoms with Gasteiger partial charge in [-0.2, -0.15) is 18.4 Å². The quantitative estimate of drug-likeness (QED) is 0.652. The summed E-state index contributed by atoms with van der Waals surface area (Å²) in [5, 5.41) is 8.96. The average molecular weight is 380 g/mol. The normalized spacial score (nSPS) is 13.7. The molecule has 3 aromatic rings. The van der Waals surface area contributed by atoms with Crippen LogP contribution in [0.4, 0.5) is 18.9 Å². The van der Waals surface area contributed by atoms with Crippen LogP contribution in [0.15, 0.2) is 55.1 Å². The number of hydrogen-bond donors (Lipinski definition) is 0. The monoisotopic (exact) mass is 380 g/mol. The Morgan fingerprint density at radius 2 is 1.75 bits per heavy atom. The summed E-state index contributed by atoms with van der Waals surface area (Å²) in [6.07, 6.45) is 1.14. The minimum Gasteiger partial charge on any atom is -0.367 e. The van der Waals surface area contributed by atoms with Crippen molar-refractivity contribution in [2.45, 2.75) is 19.1 Å². The lowest BCUT2D eigenvalue weighted by atomic mass is 9.95. The summed E-state index contributed by atoms with van der Waals surface area (Å²) in [6.45, 7) is 1.12. The fourth-order valence-electron chi connectivity index (χ4n) is 3.46. The maximum atomic E-state index is 13.2. The number of hydrogen-bond acceptors (Lipinski definition) is 4. The predicted molar refractivity (Wildman–Crippen MR) is 98.4 cm³/mol. The maximum Gasteiger partial charge on any atom is 0.417 e. The van der Waals surface area contributed by atoms with E-state index in [1.54, 1.807) is 24.5 Å². The van der Waals surface area contributed by atoms with Crippen LogP contribution < -0.4 is 4.90 Å². The van der Waals surface area contributed by atoms with E-state index in [0.717, 1.165) is 29.2 Å². The summed E-state index contributed by atoms with van der Waals surface area (Å²) >= 11 is 0. The molecule has 1 aliphatic rings. The van der Waals surface area contributed by atoms with Gasteiger partial charge in [0, 0.05) is 36.7 Å². The molecule has 0 atom stereocenters. The molecule has 4 nitrogen and oxygen atoms in total. The van der Waals surface area contributed by atoms with Gasteiger partial charge in [0.25, 0.3) is 0 Å². The number of halogens is 3. The molecule has 2 aromatic carbocycles. The summed E-state index contributed by atoms with van der Waals surface area (Å²) in [4.78, 5) is 9.97. The minimum atomic E-state index is -4.55. The molecule has 140 valence electrons. The lowest BCUT2D eigenvalue weighted by molar-refractivity contribution is -0.137. The second-order valence-corrected chi connectivity index (χ2v) is 6.62. The van der Waals surface area contributed by atoms with E-state index in [1.807, 2.05) is 17.0 Å². The summed E-state index contributed by atoms with van der Waals surface area (Å²) in [5.41, 5.74) is 3.41. The van der Waals surface area contributed by atoms with E-state index in [0.29, 0.717) is 18.8 Å². The zero-order chi connectivity index (χ0) is 19.7. The SMILES string of the molecule is N#Cc1ccc(N2CCc3cc(-c4cncnc4)ccc3C2)cc1C(F)(F)F. The second kappa shape index (κ2) is 6.97. The van der Waals surface area contributed by atoms with Crippen molar-refractivity contribution in [3.05, 3.63) is 77.4 Å². The van der Waals surface area contributed by atoms with Gasteiger partial charge >= 0.3 is 6.18 Å². The summed E-state index contributed by atoms with van der Waals surface area (Å²) < 4.78 is 39.7. The first-order valence-electron chi connectivity index (χ1n) is 8.69. The maximum absolute atomic E-state index is 13.2. The van der Waals surface area contributed by atoms with Crippen molar-refractivity contribution >= 4 is 5.69 Å². The number of anilines is 1. The molecular formula is C21H15F3N4. The molecule has 0 fully saturated rings. The fraction of sp³-hybridized carbons (Fsp3) is 0.190. The Morgan fingerprint density at radius 1 is 0.964 bits per heavy atom. The molecule has 28 heavy (non-hydrogen) atoms. The number of aromatic nitrogens is 2. The highest BCUT2D eigenvalue weighted by atomic mass is 19.4. The van der Waals surface area contributed by atoms with Crippen molar-refractivity contribution in [2.24, 2.45) is 0 Å². The van der Waals surface area contributed by atoms with E-state index >= 15 is 0 Å². The molecule has 0 N–H and O–H groups in total. The number of alkyl halides is 3. The Labute approximate surface area is 159 Å². The fourth-order valence-corrected chi connectivity index (χ4v) is 3.46. The summed E-state index contributed by atoms with van der Waals surface area (Å²) in [5.74, 6) is 0. The Morgan fingerprint density at radius 3 is 2.46 bits per heavy atom. The van der Waals surface area contributed by atoms with Crippen LogP contribution in [0.2, 0.25) is 0 Å². The topological polar surface area (TPSA) is 52.8 Å². The number of rotatable bonds is 2. The van der Waals surface area contributed by atoms with Crippen molar-refractivity contribution in [1.82, 2.24) is 9.97 Å². The first-order valence-corrected chi connectivity index (χ1v) is 8.69. The highest BCUT2D eigenvalue weighted by Crippen LogP contribution is 2.36. The molecule has 0 saturated heterocycles. The third-order valence-electron chi connectivity index (χ3n) is 4.91. The van der Waals surface area contributed by atoms with Gasteiger partial charge in [0.05, 0.1) is 17.2 Å². The minimum absolute atomic E-state index is 0.358. The molecule has 0 bridgehead atoms. The van der Waals surface area contributed by atoms with Gasteiger partial charge in [-0.05, 0) is 41.3 Å². The summed E-state index contributed by atoms with van der Waals surface area (Å²) in [6, 6.07) is 11.6. The van der Waals surface area contributed by atoms with Crippen molar-refractivity contribution in [2.75, 3.05) is 11.4 Å². The molecule has 0 amide bonds. The van der Waals surface area contributed by atoms with Crippen LogP contribution >= 0.6 is 0 Å². The molecule has 0 saturated carbocycles. The zero-order valence-electron chi connectivity index (χ0n) is 14.7. The standard InChI is InChI=1S/C21H15F3N4/c22-21(23,24)20-8-19(4-3-16(20)9-25)28-6-5-15-7-14(1-2-17(15)12-28)18-10-26-13-27-11-18/h1-4,7-8,10-11,13H,5-6,12H2. The third kappa shape index (κ3) is 3.41. The van der Waals surface area contributed by atoms with Gasteiger partial charge in [-0.25, -0.2) is 9.97 Å². The highest BCUT2D eigenvalue weighted by molar-refractivity contribution is 5.64. The van der Waals surface area contributed by atoms with Gasteiger partial charge in [0.1, 0.15) is 6.33 Å². The summed E-state index contributed by atoms with van der Waals surface area (Å²) in [7, 11) is 0. The Bertz CT molecular complexity index is 1060. The largest absolute Gasteiger partial charge is 0.417 e. The number of nitriles is 1. The molecular weight excluding hydrogens is 365 g/mol. The van der Waals surface area contributed by atoms with Crippen LogP contribution in [0.3, 0.4) is 0 Å². The molecule has 1 aromatic heterocycles. The Balaban J connectivity index is 1.62. The van der Waals surface area contributed by atoms with Crippen molar-refractivity contribution in [3.8, 4) is 17.2 Å². The van der Waals surface area contributed by atoms with E-state index in [-0.39, 0.29) is 5.56 Å².